The first-order valence-electron chi connectivity index (χ1n) is 9.49. The molecule has 0 amide bonds. The second kappa shape index (κ2) is 7.40. The van der Waals surface area contributed by atoms with Crippen molar-refractivity contribution in [3.63, 3.8) is 0 Å². The molecule has 0 unspecified atom stereocenters. The molecule has 0 spiro atoms. The highest BCUT2D eigenvalue weighted by molar-refractivity contribution is 5.62. The monoisotopic (exact) mass is 346 g/mol. The zero-order valence-corrected chi connectivity index (χ0v) is 15.2. The third-order valence-corrected chi connectivity index (χ3v) is 6.03. The zero-order chi connectivity index (χ0) is 17.2. The largest absolute Gasteiger partial charge is 0.495 e. The number of hydrogen-bond donors (Lipinski definition) is 1. The Morgan fingerprint density at radius 1 is 1.04 bits per heavy atom. The molecular weight excluding hydrogens is 316 g/mol. The molecule has 3 aliphatic heterocycles. The molecule has 0 aliphatic carbocycles. The molecule has 1 aromatic carbocycles. The molecule has 138 valence electrons. The minimum Gasteiger partial charge on any atom is -0.495 e. The fourth-order valence-corrected chi connectivity index (χ4v) is 4.49. The van der Waals surface area contributed by atoms with Gasteiger partial charge in [-0.3, -0.25) is 9.80 Å². The van der Waals surface area contributed by atoms with Crippen LogP contribution in [-0.2, 0) is 4.74 Å². The average Bonchev–Trinajstić information content (AvgIpc) is 2.68. The number of ether oxygens (including phenoxy) is 2. The van der Waals surface area contributed by atoms with E-state index in [1.54, 1.807) is 7.11 Å². The summed E-state index contributed by atoms with van der Waals surface area (Å²) in [4.78, 5) is 7.77. The Hall–Kier alpha value is -1.50. The Balaban J connectivity index is 1.34. The number of methoxy groups -OCH3 is 1. The molecule has 6 nitrogen and oxygen atoms in total. The lowest BCUT2D eigenvalue weighted by Gasteiger charge is -2.48. The smallest absolute Gasteiger partial charge is 0.143 e. The summed E-state index contributed by atoms with van der Waals surface area (Å²) >= 11 is 0. The maximum Gasteiger partial charge on any atom is 0.143 e. The summed E-state index contributed by atoms with van der Waals surface area (Å²) in [5, 5.41) is 0. The van der Waals surface area contributed by atoms with Gasteiger partial charge in [0.25, 0.3) is 0 Å². The van der Waals surface area contributed by atoms with E-state index in [4.69, 9.17) is 15.2 Å². The molecular formula is C19H30N4O2. The maximum absolute atomic E-state index is 5.94. The first kappa shape index (κ1) is 16.9. The van der Waals surface area contributed by atoms with Gasteiger partial charge in [0.2, 0.25) is 0 Å². The van der Waals surface area contributed by atoms with Crippen molar-refractivity contribution in [3.05, 3.63) is 18.2 Å². The highest BCUT2D eigenvalue weighted by Crippen LogP contribution is 2.30. The second-order valence-corrected chi connectivity index (χ2v) is 7.40. The van der Waals surface area contributed by atoms with E-state index in [0.29, 0.717) is 17.8 Å². The normalized spacial score (nSPS) is 26.4. The Morgan fingerprint density at radius 2 is 1.84 bits per heavy atom. The molecule has 25 heavy (non-hydrogen) atoms. The van der Waals surface area contributed by atoms with Crippen LogP contribution in [0.2, 0.25) is 0 Å². The fourth-order valence-electron chi connectivity index (χ4n) is 4.49. The van der Waals surface area contributed by atoms with Crippen molar-refractivity contribution in [2.75, 3.05) is 70.2 Å². The van der Waals surface area contributed by atoms with Gasteiger partial charge in [-0.2, -0.15) is 0 Å². The lowest BCUT2D eigenvalue weighted by molar-refractivity contribution is -0.0548. The molecule has 0 aromatic heterocycles. The Labute approximate surface area is 150 Å². The van der Waals surface area contributed by atoms with Crippen LogP contribution >= 0.6 is 0 Å². The third kappa shape index (κ3) is 3.57. The predicted molar refractivity (Wildman–Crippen MR) is 100 cm³/mol. The van der Waals surface area contributed by atoms with E-state index in [1.165, 1.54) is 38.2 Å². The molecule has 6 heteroatoms. The average molecular weight is 346 g/mol. The van der Waals surface area contributed by atoms with Gasteiger partial charge >= 0.3 is 0 Å². The molecule has 0 bridgehead atoms. The molecule has 1 aromatic rings. The summed E-state index contributed by atoms with van der Waals surface area (Å²) in [7, 11) is 1.68. The quantitative estimate of drug-likeness (QED) is 0.832. The van der Waals surface area contributed by atoms with Crippen LogP contribution in [0.15, 0.2) is 18.2 Å². The van der Waals surface area contributed by atoms with Crippen molar-refractivity contribution in [1.29, 1.82) is 0 Å². The highest BCUT2D eigenvalue weighted by atomic mass is 16.5. The van der Waals surface area contributed by atoms with Crippen molar-refractivity contribution in [3.8, 4) is 5.75 Å². The van der Waals surface area contributed by atoms with Crippen LogP contribution in [-0.4, -0.2) is 81.5 Å². The van der Waals surface area contributed by atoms with E-state index in [0.717, 1.165) is 38.6 Å². The molecule has 3 fully saturated rings. The number of morpholine rings is 1. The van der Waals surface area contributed by atoms with E-state index in [9.17, 15) is 0 Å². The van der Waals surface area contributed by atoms with Gasteiger partial charge in [-0.15, -0.1) is 0 Å². The molecule has 0 saturated carbocycles. The van der Waals surface area contributed by atoms with E-state index in [2.05, 4.69) is 26.8 Å². The number of piperazine rings is 1. The second-order valence-electron chi connectivity index (χ2n) is 7.40. The lowest BCUT2D eigenvalue weighted by atomic mass is 9.99. The number of nitrogens with zero attached hydrogens (tertiary/aromatic N) is 3. The molecule has 3 saturated heterocycles. The molecule has 3 aliphatic rings. The van der Waals surface area contributed by atoms with Crippen LogP contribution in [0, 0.1) is 0 Å². The number of fused-ring (bicyclic) bond motifs is 1. The SMILES string of the molecule is COc1cc(N2CCC(N3CCN4CCOC[C@@H]4C3)CC2)ccc1N. The third-order valence-electron chi connectivity index (χ3n) is 6.03. The van der Waals surface area contributed by atoms with E-state index in [1.807, 2.05) is 6.07 Å². The number of benzene rings is 1. The fraction of sp³-hybridized carbons (Fsp3) is 0.684. The van der Waals surface area contributed by atoms with Crippen LogP contribution in [0.25, 0.3) is 0 Å². The van der Waals surface area contributed by atoms with Crippen molar-refractivity contribution in [1.82, 2.24) is 9.80 Å². The minimum atomic E-state index is 0.599. The van der Waals surface area contributed by atoms with E-state index in [-0.39, 0.29) is 0 Å². The van der Waals surface area contributed by atoms with Crippen LogP contribution in [0.5, 0.6) is 5.75 Å². The molecule has 4 rings (SSSR count). The summed E-state index contributed by atoms with van der Waals surface area (Å²) in [6.45, 7) is 8.68. The number of hydrogen-bond acceptors (Lipinski definition) is 6. The summed E-state index contributed by atoms with van der Waals surface area (Å²) in [5.41, 5.74) is 7.86. The van der Waals surface area contributed by atoms with Gasteiger partial charge in [0.1, 0.15) is 5.75 Å². The summed E-state index contributed by atoms with van der Waals surface area (Å²) in [6.07, 6.45) is 2.44. The molecule has 1 atom stereocenters. The van der Waals surface area contributed by atoms with Gasteiger partial charge in [0, 0.05) is 63.1 Å². The number of anilines is 2. The number of rotatable bonds is 3. The lowest BCUT2D eigenvalue weighted by Crippen LogP contribution is -2.60. The van der Waals surface area contributed by atoms with Crippen molar-refractivity contribution in [2.24, 2.45) is 0 Å². The van der Waals surface area contributed by atoms with Crippen LogP contribution in [0.3, 0.4) is 0 Å². The van der Waals surface area contributed by atoms with Crippen molar-refractivity contribution >= 4 is 11.4 Å². The summed E-state index contributed by atoms with van der Waals surface area (Å²) in [6, 6.07) is 7.42. The topological polar surface area (TPSA) is 54.2 Å². The standard InChI is InChI=1S/C19H30N4O2/c1-24-19-12-16(2-3-18(19)20)21-6-4-15(5-7-21)23-9-8-22-10-11-25-14-17(22)13-23/h2-3,12,15,17H,4-11,13-14,20H2,1H3/t17-/m0/s1. The summed E-state index contributed by atoms with van der Waals surface area (Å²) < 4.78 is 11.0. The number of nitrogen functional groups attached to an aromatic ring is 1. The molecule has 3 heterocycles. The van der Waals surface area contributed by atoms with Gasteiger partial charge < -0.3 is 20.1 Å². The van der Waals surface area contributed by atoms with E-state index < -0.39 is 0 Å². The van der Waals surface area contributed by atoms with Gasteiger partial charge in [-0.05, 0) is 25.0 Å². The molecule has 2 N–H and O–H groups in total. The van der Waals surface area contributed by atoms with Crippen LogP contribution in [0.1, 0.15) is 12.8 Å². The van der Waals surface area contributed by atoms with Crippen LogP contribution in [0.4, 0.5) is 11.4 Å². The van der Waals surface area contributed by atoms with Gasteiger partial charge in [0.15, 0.2) is 0 Å². The predicted octanol–water partition coefficient (Wildman–Crippen LogP) is 1.26. The first-order chi connectivity index (χ1) is 12.2. The first-order valence-corrected chi connectivity index (χ1v) is 9.49. The van der Waals surface area contributed by atoms with Gasteiger partial charge in [0.05, 0.1) is 26.0 Å². The van der Waals surface area contributed by atoms with Gasteiger partial charge in [-0.1, -0.05) is 0 Å². The van der Waals surface area contributed by atoms with Crippen molar-refractivity contribution < 1.29 is 9.47 Å². The highest BCUT2D eigenvalue weighted by Gasteiger charge is 2.33. The molecule has 0 radical (unpaired) electrons. The zero-order valence-electron chi connectivity index (χ0n) is 15.2. The maximum atomic E-state index is 5.94. The Bertz CT molecular complexity index is 589. The number of nitrogens with two attached hydrogens (primary N) is 1. The summed E-state index contributed by atoms with van der Waals surface area (Å²) in [5.74, 6) is 0.771. The van der Waals surface area contributed by atoms with Gasteiger partial charge in [-0.25, -0.2) is 0 Å². The van der Waals surface area contributed by atoms with E-state index >= 15 is 0 Å². The Kier molecular flexibility index (Phi) is 5.01. The van der Waals surface area contributed by atoms with Crippen molar-refractivity contribution in [2.45, 2.75) is 24.9 Å². The number of piperidine rings is 1. The van der Waals surface area contributed by atoms with Crippen LogP contribution < -0.4 is 15.4 Å². The minimum absolute atomic E-state index is 0.599. The Morgan fingerprint density at radius 3 is 2.64 bits per heavy atom.